The normalized spacial score (nSPS) is 31.5. The van der Waals surface area contributed by atoms with E-state index in [0.29, 0.717) is 24.2 Å². The second-order valence-electron chi connectivity index (χ2n) is 15.3. The molecule has 212 valence electrons. The first-order valence-electron chi connectivity index (χ1n) is 15.1. The van der Waals surface area contributed by atoms with Crippen LogP contribution < -0.4 is 21.3 Å². The van der Waals surface area contributed by atoms with E-state index in [1.165, 1.54) is 64.7 Å². The van der Waals surface area contributed by atoms with Crippen molar-refractivity contribution in [3.63, 3.8) is 0 Å². The predicted octanol–water partition coefficient (Wildman–Crippen LogP) is 3.96. The Bertz CT molecular complexity index is 597. The molecule has 0 aromatic carbocycles. The van der Waals surface area contributed by atoms with E-state index in [2.05, 4.69) is 100 Å². The van der Waals surface area contributed by atoms with Gasteiger partial charge in [0.25, 0.3) is 0 Å². The fourth-order valence-corrected chi connectivity index (χ4v) is 8.00. The van der Waals surface area contributed by atoms with Crippen LogP contribution in [0.5, 0.6) is 0 Å². The number of hydrogen-bond acceptors (Lipinski definition) is 6. The number of nitrogens with one attached hydrogen (secondary N) is 4. The number of piperazine rings is 1. The molecule has 0 aliphatic carbocycles. The molecule has 2 atom stereocenters. The molecule has 3 heterocycles. The Morgan fingerprint density at radius 1 is 0.583 bits per heavy atom. The molecule has 2 unspecified atom stereocenters. The fourth-order valence-electron chi connectivity index (χ4n) is 8.00. The van der Waals surface area contributed by atoms with Gasteiger partial charge in [-0.1, -0.05) is 0 Å². The summed E-state index contributed by atoms with van der Waals surface area (Å²) in [6, 6.07) is 2.55. The van der Waals surface area contributed by atoms with Crippen molar-refractivity contribution >= 4 is 0 Å². The number of piperidine rings is 2. The first-order chi connectivity index (χ1) is 16.5. The van der Waals surface area contributed by atoms with Crippen LogP contribution in [0.1, 0.15) is 108 Å². The maximum atomic E-state index is 3.89. The van der Waals surface area contributed by atoms with Crippen LogP contribution in [0.2, 0.25) is 0 Å². The third kappa shape index (κ3) is 9.50. The van der Waals surface area contributed by atoms with Crippen LogP contribution >= 0.6 is 0 Å². The molecule has 4 N–H and O–H groups in total. The van der Waals surface area contributed by atoms with E-state index in [0.717, 1.165) is 13.1 Å². The minimum Gasteiger partial charge on any atom is -0.314 e. The molecular formula is C30H62N6. The van der Waals surface area contributed by atoms with Gasteiger partial charge < -0.3 is 21.3 Å². The Kier molecular flexibility index (Phi) is 10.00. The lowest BCUT2D eigenvalue weighted by molar-refractivity contribution is 0.0408. The third-order valence-corrected chi connectivity index (χ3v) is 8.73. The lowest BCUT2D eigenvalue weighted by atomic mass is 9.79. The van der Waals surface area contributed by atoms with Crippen molar-refractivity contribution in [1.82, 2.24) is 31.1 Å². The van der Waals surface area contributed by atoms with E-state index >= 15 is 0 Å². The first-order valence-corrected chi connectivity index (χ1v) is 15.1. The molecule has 3 aliphatic heterocycles. The molecule has 0 bridgehead atoms. The average Bonchev–Trinajstić information content (AvgIpc) is 2.66. The summed E-state index contributed by atoms with van der Waals surface area (Å²) in [4.78, 5) is 5.47. The zero-order chi connectivity index (χ0) is 26.8. The standard InChI is InChI=1S/C30H62N6/c1-23-21-36(16-12-14-32-26-19-29(7,8)34-30(9,10)20-26)24(2)22-35(23)15-11-13-31-25-17-27(3,4)33-28(5,6)18-25/h23-26,31-34H,11-22H2,1-10H3. The van der Waals surface area contributed by atoms with E-state index < -0.39 is 0 Å². The van der Waals surface area contributed by atoms with Gasteiger partial charge in [0.1, 0.15) is 0 Å². The molecule has 0 amide bonds. The maximum absolute atomic E-state index is 3.89. The molecule has 0 radical (unpaired) electrons. The highest BCUT2D eigenvalue weighted by molar-refractivity contribution is 5.00. The Morgan fingerprint density at radius 3 is 1.19 bits per heavy atom. The monoisotopic (exact) mass is 507 g/mol. The second kappa shape index (κ2) is 11.9. The van der Waals surface area contributed by atoms with Crippen LogP contribution in [0.3, 0.4) is 0 Å². The molecule has 3 aliphatic rings. The Morgan fingerprint density at radius 2 is 0.889 bits per heavy atom. The summed E-state index contributed by atoms with van der Waals surface area (Å²) in [6.07, 6.45) is 7.34. The van der Waals surface area contributed by atoms with Crippen molar-refractivity contribution in [2.45, 2.75) is 154 Å². The smallest absolute Gasteiger partial charge is 0.0195 e. The average molecular weight is 507 g/mol. The van der Waals surface area contributed by atoms with Gasteiger partial charge in [-0.3, -0.25) is 9.80 Å². The molecule has 3 rings (SSSR count). The SMILES string of the molecule is CC1CN(CCCNC2CC(C)(C)NC(C)(C)C2)C(C)CN1CCCNC1CC(C)(C)NC(C)(C)C1. The zero-order valence-corrected chi connectivity index (χ0v) is 25.7. The summed E-state index contributed by atoms with van der Waals surface area (Å²) in [5.41, 5.74) is 0.873. The second-order valence-corrected chi connectivity index (χ2v) is 15.3. The van der Waals surface area contributed by atoms with Gasteiger partial charge in [-0.15, -0.1) is 0 Å². The Hall–Kier alpha value is -0.240. The predicted molar refractivity (Wildman–Crippen MR) is 156 cm³/mol. The van der Waals surface area contributed by atoms with Crippen LogP contribution in [-0.2, 0) is 0 Å². The van der Waals surface area contributed by atoms with Gasteiger partial charge in [-0.05, 0) is 134 Å². The van der Waals surface area contributed by atoms with Crippen molar-refractivity contribution in [2.24, 2.45) is 0 Å². The third-order valence-electron chi connectivity index (χ3n) is 8.73. The van der Waals surface area contributed by atoms with Crippen LogP contribution in [0.25, 0.3) is 0 Å². The molecule has 0 saturated carbocycles. The van der Waals surface area contributed by atoms with E-state index in [-0.39, 0.29) is 22.2 Å². The summed E-state index contributed by atoms with van der Waals surface area (Å²) in [5.74, 6) is 0. The topological polar surface area (TPSA) is 54.6 Å². The molecule has 0 aromatic rings. The van der Waals surface area contributed by atoms with Gasteiger partial charge in [0, 0.05) is 59.4 Å². The Labute approximate surface area is 224 Å². The Balaban J connectivity index is 1.32. The minimum absolute atomic E-state index is 0.218. The lowest BCUT2D eigenvalue weighted by Crippen LogP contribution is -2.62. The van der Waals surface area contributed by atoms with E-state index in [4.69, 9.17) is 0 Å². The molecule has 6 heteroatoms. The summed E-state index contributed by atoms with van der Waals surface area (Å²) in [6.45, 7) is 30.7. The van der Waals surface area contributed by atoms with Gasteiger partial charge >= 0.3 is 0 Å². The van der Waals surface area contributed by atoms with E-state index in [9.17, 15) is 0 Å². The lowest BCUT2D eigenvalue weighted by Gasteiger charge is -2.47. The van der Waals surface area contributed by atoms with Gasteiger partial charge in [-0.25, -0.2) is 0 Å². The molecule has 3 saturated heterocycles. The first kappa shape index (κ1) is 30.3. The molecule has 0 spiro atoms. The van der Waals surface area contributed by atoms with Crippen LogP contribution in [0.15, 0.2) is 0 Å². The molecule has 0 aromatic heterocycles. The number of nitrogens with zero attached hydrogens (tertiary/aromatic N) is 2. The minimum atomic E-state index is 0.218. The molecule has 3 fully saturated rings. The summed E-state index contributed by atoms with van der Waals surface area (Å²) in [5, 5.41) is 15.4. The van der Waals surface area contributed by atoms with Gasteiger partial charge in [0.05, 0.1) is 0 Å². The van der Waals surface area contributed by atoms with E-state index in [1.54, 1.807) is 0 Å². The molecule has 36 heavy (non-hydrogen) atoms. The van der Waals surface area contributed by atoms with Crippen molar-refractivity contribution in [2.75, 3.05) is 39.3 Å². The zero-order valence-electron chi connectivity index (χ0n) is 25.7. The van der Waals surface area contributed by atoms with Crippen molar-refractivity contribution in [3.05, 3.63) is 0 Å². The molecule has 6 nitrogen and oxygen atoms in total. The highest BCUT2D eigenvalue weighted by Gasteiger charge is 2.38. The van der Waals surface area contributed by atoms with Gasteiger partial charge in [0.2, 0.25) is 0 Å². The maximum Gasteiger partial charge on any atom is 0.0195 e. The van der Waals surface area contributed by atoms with Crippen LogP contribution in [-0.4, -0.2) is 95.4 Å². The molecular weight excluding hydrogens is 444 g/mol. The van der Waals surface area contributed by atoms with E-state index in [1.807, 2.05) is 0 Å². The largest absolute Gasteiger partial charge is 0.314 e. The van der Waals surface area contributed by atoms with Crippen molar-refractivity contribution in [3.8, 4) is 0 Å². The van der Waals surface area contributed by atoms with Gasteiger partial charge in [-0.2, -0.15) is 0 Å². The fraction of sp³-hybridized carbons (Fsp3) is 1.00. The number of rotatable bonds is 10. The quantitative estimate of drug-likeness (QED) is 0.337. The van der Waals surface area contributed by atoms with Crippen LogP contribution in [0, 0.1) is 0 Å². The highest BCUT2D eigenvalue weighted by atomic mass is 15.3. The van der Waals surface area contributed by atoms with Crippen molar-refractivity contribution in [1.29, 1.82) is 0 Å². The van der Waals surface area contributed by atoms with Crippen molar-refractivity contribution < 1.29 is 0 Å². The van der Waals surface area contributed by atoms with Gasteiger partial charge in [0.15, 0.2) is 0 Å². The highest BCUT2D eigenvalue weighted by Crippen LogP contribution is 2.29. The number of hydrogen-bond donors (Lipinski definition) is 4. The summed E-state index contributed by atoms with van der Waals surface area (Å²) in [7, 11) is 0. The summed E-state index contributed by atoms with van der Waals surface area (Å²) < 4.78 is 0. The van der Waals surface area contributed by atoms with Crippen LogP contribution in [0.4, 0.5) is 0 Å². The summed E-state index contributed by atoms with van der Waals surface area (Å²) >= 11 is 0.